The van der Waals surface area contributed by atoms with Crippen LogP contribution in [-0.4, -0.2) is 16.6 Å². The van der Waals surface area contributed by atoms with Gasteiger partial charge in [-0.05, 0) is 39.0 Å². The Hall–Kier alpha value is -1.66. The van der Waals surface area contributed by atoms with Gasteiger partial charge in [-0.1, -0.05) is 11.6 Å². The minimum Gasteiger partial charge on any atom is -0.456 e. The van der Waals surface area contributed by atoms with Gasteiger partial charge >= 0.3 is 5.97 Å². The van der Waals surface area contributed by atoms with Crippen molar-refractivity contribution in [1.29, 1.82) is 0 Å². The zero-order valence-corrected chi connectivity index (χ0v) is 14.0. The molecule has 1 heterocycles. The Bertz CT molecular complexity index is 682. The average Bonchev–Trinajstić information content (AvgIpc) is 2.81. The van der Waals surface area contributed by atoms with Crippen molar-refractivity contribution in [2.24, 2.45) is 0 Å². The maximum absolute atomic E-state index is 13.8. The van der Waals surface area contributed by atoms with Crippen molar-refractivity contribution in [3.63, 3.8) is 0 Å². The number of halogens is 2. The Balaban J connectivity index is 2.10. The molecule has 0 unspecified atom stereocenters. The lowest BCUT2D eigenvalue weighted by Gasteiger charge is -2.20. The molecule has 4 nitrogen and oxygen atoms in total. The van der Waals surface area contributed by atoms with E-state index >= 15 is 0 Å². The van der Waals surface area contributed by atoms with E-state index in [1.54, 1.807) is 33.0 Å². The summed E-state index contributed by atoms with van der Waals surface area (Å²) in [6.07, 6.45) is 1.66. The standard InChI is InChI=1S/C15H16ClFN2O2S/c1-15(2,3)21-13(20)11-6-9(4-5-12(11)17)18-7-10-8-19-14(16)22-10/h4-6,8,18H,7H2,1-3H3. The van der Waals surface area contributed by atoms with Gasteiger partial charge in [0.2, 0.25) is 0 Å². The SMILES string of the molecule is CC(C)(C)OC(=O)c1cc(NCc2cnc(Cl)s2)ccc1F. The van der Waals surface area contributed by atoms with Crippen LogP contribution in [-0.2, 0) is 11.3 Å². The minimum atomic E-state index is -0.686. The second kappa shape index (κ2) is 6.62. The first kappa shape index (κ1) is 16.7. The van der Waals surface area contributed by atoms with Crippen LogP contribution in [0.3, 0.4) is 0 Å². The molecule has 1 aromatic carbocycles. The Morgan fingerprint density at radius 3 is 2.77 bits per heavy atom. The van der Waals surface area contributed by atoms with Gasteiger partial charge < -0.3 is 10.1 Å². The van der Waals surface area contributed by atoms with Crippen LogP contribution in [0.2, 0.25) is 4.47 Å². The molecule has 118 valence electrons. The summed E-state index contributed by atoms with van der Waals surface area (Å²) in [5.74, 6) is -1.30. The number of anilines is 1. The fraction of sp³-hybridized carbons (Fsp3) is 0.333. The van der Waals surface area contributed by atoms with E-state index in [2.05, 4.69) is 10.3 Å². The van der Waals surface area contributed by atoms with E-state index in [0.717, 1.165) is 4.88 Å². The van der Waals surface area contributed by atoms with Gasteiger partial charge in [0, 0.05) is 16.8 Å². The van der Waals surface area contributed by atoms with E-state index in [1.165, 1.54) is 23.5 Å². The summed E-state index contributed by atoms with van der Waals surface area (Å²) in [6, 6.07) is 4.24. The second-order valence-electron chi connectivity index (χ2n) is 5.63. The van der Waals surface area contributed by atoms with E-state index < -0.39 is 17.4 Å². The number of carbonyl (C=O) groups is 1. The number of thiazole rings is 1. The summed E-state index contributed by atoms with van der Waals surface area (Å²) < 4.78 is 19.5. The predicted molar refractivity (Wildman–Crippen MR) is 86.0 cm³/mol. The maximum atomic E-state index is 13.8. The lowest BCUT2D eigenvalue weighted by atomic mass is 10.1. The third kappa shape index (κ3) is 4.68. The number of aromatic nitrogens is 1. The van der Waals surface area contributed by atoms with Crippen LogP contribution in [0.25, 0.3) is 0 Å². The number of nitrogens with zero attached hydrogens (tertiary/aromatic N) is 1. The van der Waals surface area contributed by atoms with Gasteiger partial charge in [0.25, 0.3) is 0 Å². The number of rotatable bonds is 4. The minimum absolute atomic E-state index is 0.0951. The van der Waals surface area contributed by atoms with Crippen LogP contribution in [0.1, 0.15) is 36.0 Å². The van der Waals surface area contributed by atoms with E-state index in [4.69, 9.17) is 16.3 Å². The van der Waals surface area contributed by atoms with Crippen molar-refractivity contribution >= 4 is 34.6 Å². The van der Waals surface area contributed by atoms with Gasteiger partial charge in [-0.3, -0.25) is 0 Å². The van der Waals surface area contributed by atoms with Crippen molar-refractivity contribution in [2.75, 3.05) is 5.32 Å². The highest BCUT2D eigenvalue weighted by molar-refractivity contribution is 7.15. The number of esters is 1. The number of benzene rings is 1. The Morgan fingerprint density at radius 2 is 2.18 bits per heavy atom. The number of hydrogen-bond donors (Lipinski definition) is 1. The molecule has 0 fully saturated rings. The molecule has 0 atom stereocenters. The average molecular weight is 343 g/mol. The van der Waals surface area contributed by atoms with Crippen molar-refractivity contribution in [2.45, 2.75) is 32.9 Å². The van der Waals surface area contributed by atoms with E-state index in [9.17, 15) is 9.18 Å². The van der Waals surface area contributed by atoms with Crippen LogP contribution in [0.5, 0.6) is 0 Å². The zero-order valence-electron chi connectivity index (χ0n) is 12.4. The number of nitrogens with one attached hydrogen (secondary N) is 1. The third-order valence-corrected chi connectivity index (χ3v) is 3.69. The van der Waals surface area contributed by atoms with E-state index in [0.29, 0.717) is 16.7 Å². The summed E-state index contributed by atoms with van der Waals surface area (Å²) in [5.41, 5.74) is -0.152. The topological polar surface area (TPSA) is 51.2 Å². The second-order valence-corrected chi connectivity index (χ2v) is 7.33. The highest BCUT2D eigenvalue weighted by atomic mass is 35.5. The summed E-state index contributed by atoms with van der Waals surface area (Å²) in [5, 5.41) is 3.10. The highest BCUT2D eigenvalue weighted by Crippen LogP contribution is 2.21. The van der Waals surface area contributed by atoms with Crippen LogP contribution in [0.4, 0.5) is 10.1 Å². The number of ether oxygens (including phenoxy) is 1. The molecule has 0 amide bonds. The van der Waals surface area contributed by atoms with Crippen LogP contribution >= 0.6 is 22.9 Å². The first-order valence-electron chi connectivity index (χ1n) is 6.61. The molecular weight excluding hydrogens is 327 g/mol. The molecule has 22 heavy (non-hydrogen) atoms. The lowest BCUT2D eigenvalue weighted by molar-refractivity contribution is 0.00648. The first-order valence-corrected chi connectivity index (χ1v) is 7.81. The Labute approximate surface area is 137 Å². The van der Waals surface area contributed by atoms with Gasteiger partial charge in [-0.15, -0.1) is 11.3 Å². The quantitative estimate of drug-likeness (QED) is 0.831. The third-order valence-electron chi connectivity index (χ3n) is 2.58. The normalized spacial score (nSPS) is 11.3. The molecule has 0 aliphatic rings. The van der Waals surface area contributed by atoms with Gasteiger partial charge in [0.05, 0.1) is 12.1 Å². The van der Waals surface area contributed by atoms with Gasteiger partial charge in [-0.25, -0.2) is 14.2 Å². The predicted octanol–water partition coefficient (Wildman–Crippen LogP) is 4.50. The number of hydrogen-bond acceptors (Lipinski definition) is 5. The van der Waals surface area contributed by atoms with E-state index in [-0.39, 0.29) is 5.56 Å². The van der Waals surface area contributed by atoms with Crippen molar-refractivity contribution in [3.8, 4) is 0 Å². The Kier molecular flexibility index (Phi) is 5.03. The molecule has 0 aliphatic heterocycles. The molecule has 2 rings (SSSR count). The molecule has 1 N–H and O–H groups in total. The summed E-state index contributed by atoms with van der Waals surface area (Å²) in [6.45, 7) is 5.69. The lowest BCUT2D eigenvalue weighted by Crippen LogP contribution is -2.24. The van der Waals surface area contributed by atoms with Crippen LogP contribution < -0.4 is 5.32 Å². The van der Waals surface area contributed by atoms with Crippen LogP contribution in [0, 0.1) is 5.82 Å². The van der Waals surface area contributed by atoms with Crippen LogP contribution in [0.15, 0.2) is 24.4 Å². The fourth-order valence-corrected chi connectivity index (χ4v) is 2.60. The molecule has 0 saturated heterocycles. The summed E-state index contributed by atoms with van der Waals surface area (Å²) in [4.78, 5) is 16.9. The zero-order chi connectivity index (χ0) is 16.3. The Morgan fingerprint density at radius 1 is 1.45 bits per heavy atom. The number of carbonyl (C=O) groups excluding carboxylic acids is 1. The molecular formula is C15H16ClFN2O2S. The molecule has 2 aromatic rings. The molecule has 0 radical (unpaired) electrons. The molecule has 0 spiro atoms. The molecule has 0 saturated carbocycles. The molecule has 7 heteroatoms. The summed E-state index contributed by atoms with van der Waals surface area (Å²) in [7, 11) is 0. The maximum Gasteiger partial charge on any atom is 0.341 e. The van der Waals surface area contributed by atoms with Crippen molar-refractivity contribution in [3.05, 3.63) is 45.1 Å². The highest BCUT2D eigenvalue weighted by Gasteiger charge is 2.21. The van der Waals surface area contributed by atoms with Gasteiger partial charge in [-0.2, -0.15) is 0 Å². The monoisotopic (exact) mass is 342 g/mol. The molecule has 0 aliphatic carbocycles. The summed E-state index contributed by atoms with van der Waals surface area (Å²) >= 11 is 7.11. The van der Waals surface area contributed by atoms with Gasteiger partial charge in [0.15, 0.2) is 4.47 Å². The smallest absolute Gasteiger partial charge is 0.341 e. The largest absolute Gasteiger partial charge is 0.456 e. The fourth-order valence-electron chi connectivity index (χ4n) is 1.68. The van der Waals surface area contributed by atoms with Crippen molar-refractivity contribution < 1.29 is 13.9 Å². The molecule has 0 bridgehead atoms. The molecule has 1 aromatic heterocycles. The van der Waals surface area contributed by atoms with E-state index in [1.807, 2.05) is 0 Å². The first-order chi connectivity index (χ1) is 10.2. The van der Waals surface area contributed by atoms with Crippen molar-refractivity contribution in [1.82, 2.24) is 4.98 Å². The van der Waals surface area contributed by atoms with Gasteiger partial charge in [0.1, 0.15) is 11.4 Å².